The molecule has 3 aromatic rings. The molecule has 0 aliphatic heterocycles. The van der Waals surface area contributed by atoms with Gasteiger partial charge in [-0.15, -0.1) is 0 Å². The topological polar surface area (TPSA) is 30.9 Å². The molecule has 0 radical (unpaired) electrons. The Morgan fingerprint density at radius 2 is 1.55 bits per heavy atom. The van der Waals surface area contributed by atoms with E-state index in [0.717, 1.165) is 24.3 Å². The van der Waals surface area contributed by atoms with Crippen molar-refractivity contribution in [1.82, 2.24) is 4.57 Å². The lowest BCUT2D eigenvalue weighted by atomic mass is 9.95. The first kappa shape index (κ1) is 23.1. The van der Waals surface area contributed by atoms with Crippen molar-refractivity contribution >= 4 is 10.9 Å². The quantitative estimate of drug-likeness (QED) is 0.429. The van der Waals surface area contributed by atoms with Crippen LogP contribution in [0.15, 0.2) is 42.6 Å². The Morgan fingerprint density at radius 3 is 2.10 bits per heavy atom. The van der Waals surface area contributed by atoms with Crippen molar-refractivity contribution in [2.24, 2.45) is 11.1 Å². The van der Waals surface area contributed by atoms with Gasteiger partial charge < -0.3 is 10.3 Å². The Morgan fingerprint density at radius 1 is 0.935 bits per heavy atom. The molecule has 9 heteroatoms. The van der Waals surface area contributed by atoms with E-state index >= 15 is 0 Å². The Labute approximate surface area is 174 Å². The molecule has 0 amide bonds. The smallest absolute Gasteiger partial charge is 0.347 e. The van der Waals surface area contributed by atoms with Crippen molar-refractivity contribution in [3.63, 3.8) is 0 Å². The molecule has 0 saturated heterocycles. The number of hydrogen-bond acceptors (Lipinski definition) is 1. The number of hydrogen-bond donors (Lipinski definition) is 1. The summed E-state index contributed by atoms with van der Waals surface area (Å²) in [6.45, 7) is 5.81. The minimum absolute atomic E-state index is 0.0835. The van der Waals surface area contributed by atoms with Crippen LogP contribution in [-0.2, 0) is 12.7 Å². The van der Waals surface area contributed by atoms with Gasteiger partial charge in [0.05, 0.1) is 5.56 Å². The minimum atomic E-state index is -4.77. The summed E-state index contributed by atoms with van der Waals surface area (Å²) in [5.74, 6) is -1.06. The summed E-state index contributed by atoms with van der Waals surface area (Å²) in [6, 6.07) is 4.12. The number of nitrogens with two attached hydrogens (primary N) is 1. The van der Waals surface area contributed by atoms with Gasteiger partial charge in [0, 0.05) is 34.8 Å². The third-order valence-electron chi connectivity index (χ3n) is 4.86. The number of rotatable bonds is 3. The molecule has 0 bridgehead atoms. The number of alkyl halides is 6. The zero-order chi connectivity index (χ0) is 23.4. The monoisotopic (exact) mass is 446 g/mol. The molecular formula is C22H21F7N2. The van der Waals surface area contributed by atoms with Crippen molar-refractivity contribution in [3.05, 3.63) is 59.5 Å². The predicted octanol–water partition coefficient (Wildman–Crippen LogP) is 7.07. The summed E-state index contributed by atoms with van der Waals surface area (Å²) < 4.78 is 96.7. The fourth-order valence-electron chi connectivity index (χ4n) is 3.58. The maximum absolute atomic E-state index is 15.0. The van der Waals surface area contributed by atoms with E-state index in [0.29, 0.717) is 0 Å². The van der Waals surface area contributed by atoms with Crippen LogP contribution in [0, 0.1) is 11.2 Å². The first-order valence-corrected chi connectivity index (χ1v) is 9.41. The fraction of sp³-hybridized carbons (Fsp3) is 0.364. The molecule has 2 N–H and O–H groups in total. The Balaban J connectivity index is 2.32. The highest BCUT2D eigenvalue weighted by molar-refractivity contribution is 5.89. The zero-order valence-corrected chi connectivity index (χ0v) is 17.0. The Kier molecular flexibility index (Phi) is 5.63. The van der Waals surface area contributed by atoms with Gasteiger partial charge in [-0.1, -0.05) is 39.0 Å². The second kappa shape index (κ2) is 7.55. The second-order valence-electron chi connectivity index (χ2n) is 8.68. The molecule has 2 nitrogen and oxygen atoms in total. The van der Waals surface area contributed by atoms with Gasteiger partial charge in [0.15, 0.2) is 0 Å². The van der Waals surface area contributed by atoms with Crippen molar-refractivity contribution in [1.29, 1.82) is 0 Å². The van der Waals surface area contributed by atoms with E-state index in [9.17, 15) is 30.7 Å². The maximum atomic E-state index is 15.0. The van der Waals surface area contributed by atoms with Gasteiger partial charge in [-0.3, -0.25) is 0 Å². The second-order valence-corrected chi connectivity index (χ2v) is 8.68. The average Bonchev–Trinajstić information content (AvgIpc) is 2.94. The SMILES string of the molecule is CC(C)(C)Cn1cc([C@H](N)C(F)(F)F)c2cc(F)c(-c3ccccc3C(F)(F)F)cc21. The molecule has 0 saturated carbocycles. The van der Waals surface area contributed by atoms with Crippen LogP contribution in [0.25, 0.3) is 22.0 Å². The maximum Gasteiger partial charge on any atom is 0.417 e. The first-order chi connectivity index (χ1) is 14.1. The van der Waals surface area contributed by atoms with E-state index < -0.39 is 29.8 Å². The molecule has 1 heterocycles. The number of benzene rings is 2. The van der Waals surface area contributed by atoms with E-state index in [4.69, 9.17) is 5.73 Å². The molecule has 1 aromatic heterocycles. The van der Waals surface area contributed by atoms with Crippen LogP contribution in [0.2, 0.25) is 0 Å². The lowest BCUT2D eigenvalue weighted by Crippen LogP contribution is -2.28. The molecule has 0 aliphatic carbocycles. The third kappa shape index (κ3) is 4.71. The normalized spacial score (nSPS) is 14.3. The lowest BCUT2D eigenvalue weighted by molar-refractivity contribution is -0.148. The van der Waals surface area contributed by atoms with Crippen LogP contribution < -0.4 is 5.73 Å². The van der Waals surface area contributed by atoms with Gasteiger partial charge in [-0.2, -0.15) is 26.3 Å². The molecule has 1 atom stereocenters. The molecule has 2 aromatic carbocycles. The van der Waals surface area contributed by atoms with Crippen LogP contribution in [0.3, 0.4) is 0 Å². The summed E-state index contributed by atoms with van der Waals surface area (Å²) in [5.41, 5.74) is 3.09. The molecule has 0 spiro atoms. The van der Waals surface area contributed by atoms with E-state index in [2.05, 4.69) is 0 Å². The molecule has 31 heavy (non-hydrogen) atoms. The number of aromatic nitrogens is 1. The van der Waals surface area contributed by atoms with Crippen molar-refractivity contribution in [2.75, 3.05) is 0 Å². The molecule has 0 unspecified atom stereocenters. The van der Waals surface area contributed by atoms with Gasteiger partial charge in [0.1, 0.15) is 11.9 Å². The lowest BCUT2D eigenvalue weighted by Gasteiger charge is -2.20. The van der Waals surface area contributed by atoms with Gasteiger partial charge in [-0.05, 0) is 29.2 Å². The third-order valence-corrected chi connectivity index (χ3v) is 4.86. The highest BCUT2D eigenvalue weighted by Crippen LogP contribution is 2.41. The average molecular weight is 446 g/mol. The van der Waals surface area contributed by atoms with E-state index in [-0.39, 0.29) is 39.6 Å². The highest BCUT2D eigenvalue weighted by Gasteiger charge is 2.40. The van der Waals surface area contributed by atoms with Crippen LogP contribution in [-0.4, -0.2) is 10.7 Å². The Bertz CT molecular complexity index is 1100. The van der Waals surface area contributed by atoms with Crippen LogP contribution >= 0.6 is 0 Å². The number of halogens is 7. The Hall–Kier alpha value is -2.55. The van der Waals surface area contributed by atoms with Gasteiger partial charge >= 0.3 is 12.4 Å². The van der Waals surface area contributed by atoms with E-state index in [1.165, 1.54) is 22.9 Å². The summed E-state index contributed by atoms with van der Waals surface area (Å²) in [6.07, 6.45) is -8.29. The summed E-state index contributed by atoms with van der Waals surface area (Å²) >= 11 is 0. The fourth-order valence-corrected chi connectivity index (χ4v) is 3.58. The predicted molar refractivity (Wildman–Crippen MR) is 105 cm³/mol. The number of fused-ring (bicyclic) bond motifs is 1. The molecular weight excluding hydrogens is 425 g/mol. The van der Waals surface area contributed by atoms with Gasteiger partial charge in [0.25, 0.3) is 0 Å². The summed E-state index contributed by atoms with van der Waals surface area (Å²) in [4.78, 5) is 0. The van der Waals surface area contributed by atoms with E-state index in [1.54, 1.807) is 0 Å². The van der Waals surface area contributed by atoms with Crippen LogP contribution in [0.5, 0.6) is 0 Å². The minimum Gasteiger partial charge on any atom is -0.347 e. The molecule has 3 rings (SSSR count). The van der Waals surface area contributed by atoms with Crippen molar-refractivity contribution < 1.29 is 30.7 Å². The van der Waals surface area contributed by atoms with E-state index in [1.807, 2.05) is 20.8 Å². The van der Waals surface area contributed by atoms with Crippen LogP contribution in [0.4, 0.5) is 30.7 Å². The van der Waals surface area contributed by atoms with Crippen molar-refractivity contribution in [2.45, 2.75) is 45.7 Å². The van der Waals surface area contributed by atoms with Crippen LogP contribution in [0.1, 0.15) is 37.9 Å². The van der Waals surface area contributed by atoms with Crippen molar-refractivity contribution in [3.8, 4) is 11.1 Å². The first-order valence-electron chi connectivity index (χ1n) is 9.41. The zero-order valence-electron chi connectivity index (χ0n) is 17.0. The summed E-state index contributed by atoms with van der Waals surface area (Å²) in [5, 5.41) is -0.0835. The van der Waals surface area contributed by atoms with Gasteiger partial charge in [-0.25, -0.2) is 4.39 Å². The summed E-state index contributed by atoms with van der Waals surface area (Å²) in [7, 11) is 0. The molecule has 0 aliphatic rings. The highest BCUT2D eigenvalue weighted by atomic mass is 19.4. The largest absolute Gasteiger partial charge is 0.417 e. The standard InChI is InChI=1S/C22H21F7N2/c1-20(2,3)11-31-10-15(19(30)22(27,28)29)14-8-17(23)13(9-18(14)31)12-6-4-5-7-16(12)21(24,25)26/h4-10,19H,11,30H2,1-3H3/t19-/m0/s1. The number of nitrogens with zero attached hydrogens (tertiary/aromatic N) is 1. The molecule has 0 fully saturated rings. The molecule has 168 valence electrons. The van der Waals surface area contributed by atoms with Gasteiger partial charge in [0.2, 0.25) is 0 Å².